The molecule has 0 saturated carbocycles. The zero-order chi connectivity index (χ0) is 17.5. The molecule has 2 aliphatic heterocycles. The average molecular weight is 344 g/mol. The van der Waals surface area contributed by atoms with Crippen LogP contribution in [0.5, 0.6) is 0 Å². The zero-order valence-corrected chi connectivity index (χ0v) is 14.8. The third-order valence-corrected chi connectivity index (χ3v) is 5.19. The van der Waals surface area contributed by atoms with Gasteiger partial charge in [0, 0.05) is 32.2 Å². The molecule has 1 N–H and O–H groups in total. The second-order valence-corrected chi connectivity index (χ2v) is 6.98. The normalized spacial score (nSPS) is 21.8. The number of likely N-dealkylation sites (tertiary alicyclic amines) is 1. The van der Waals surface area contributed by atoms with Crippen molar-refractivity contribution in [3.63, 3.8) is 0 Å². The quantitative estimate of drug-likeness (QED) is 0.890. The number of amides is 2. The van der Waals surface area contributed by atoms with Crippen LogP contribution in [-0.2, 0) is 20.7 Å². The van der Waals surface area contributed by atoms with E-state index in [9.17, 15) is 9.59 Å². The minimum Gasteiger partial charge on any atom is -0.368 e. The summed E-state index contributed by atoms with van der Waals surface area (Å²) in [7, 11) is 0. The number of nitrogens with zero attached hydrogens (tertiary/aromatic N) is 1. The fourth-order valence-electron chi connectivity index (χ4n) is 3.62. The smallest absolute Gasteiger partial charge is 0.251 e. The Bertz CT molecular complexity index is 562. The molecule has 5 nitrogen and oxygen atoms in total. The van der Waals surface area contributed by atoms with Gasteiger partial charge in [0.05, 0.1) is 0 Å². The Morgan fingerprint density at radius 1 is 1.08 bits per heavy atom. The lowest BCUT2D eigenvalue weighted by Crippen LogP contribution is -2.47. The lowest BCUT2D eigenvalue weighted by Gasteiger charge is -2.34. The number of ether oxygens (including phenoxy) is 1. The SMILES string of the molecule is O=C(NCCc1ccccc1)C1CCN(C(=O)[C@@H]2CCCCO2)CC1. The zero-order valence-electron chi connectivity index (χ0n) is 14.8. The van der Waals surface area contributed by atoms with Crippen LogP contribution in [0.25, 0.3) is 0 Å². The number of benzene rings is 1. The molecule has 0 aromatic heterocycles. The Hall–Kier alpha value is -1.88. The second kappa shape index (κ2) is 8.99. The van der Waals surface area contributed by atoms with Gasteiger partial charge in [-0.05, 0) is 44.1 Å². The number of carbonyl (C=O) groups excluding carboxylic acids is 2. The molecule has 2 saturated heterocycles. The first kappa shape index (κ1) is 17.9. The third-order valence-electron chi connectivity index (χ3n) is 5.19. The third kappa shape index (κ3) is 5.05. The van der Waals surface area contributed by atoms with Gasteiger partial charge in [0.2, 0.25) is 5.91 Å². The van der Waals surface area contributed by atoms with Crippen LogP contribution in [0.1, 0.15) is 37.7 Å². The van der Waals surface area contributed by atoms with Crippen LogP contribution < -0.4 is 5.32 Å². The van der Waals surface area contributed by atoms with Crippen molar-refractivity contribution >= 4 is 11.8 Å². The highest BCUT2D eigenvalue weighted by molar-refractivity contribution is 5.82. The summed E-state index contributed by atoms with van der Waals surface area (Å²) in [5.41, 5.74) is 1.23. The Morgan fingerprint density at radius 3 is 2.52 bits per heavy atom. The van der Waals surface area contributed by atoms with E-state index in [0.717, 1.165) is 38.5 Å². The minimum absolute atomic E-state index is 0.0205. The Morgan fingerprint density at radius 2 is 1.84 bits per heavy atom. The fraction of sp³-hybridized carbons (Fsp3) is 0.600. The lowest BCUT2D eigenvalue weighted by atomic mass is 9.95. The maximum Gasteiger partial charge on any atom is 0.251 e. The molecular weight excluding hydrogens is 316 g/mol. The number of nitrogens with one attached hydrogen (secondary N) is 1. The molecule has 5 heteroatoms. The van der Waals surface area contributed by atoms with Crippen molar-refractivity contribution < 1.29 is 14.3 Å². The molecule has 0 unspecified atom stereocenters. The van der Waals surface area contributed by atoms with Gasteiger partial charge in [-0.15, -0.1) is 0 Å². The van der Waals surface area contributed by atoms with Crippen molar-refractivity contribution in [2.24, 2.45) is 5.92 Å². The van der Waals surface area contributed by atoms with Gasteiger partial charge < -0.3 is 15.0 Å². The highest BCUT2D eigenvalue weighted by atomic mass is 16.5. The van der Waals surface area contributed by atoms with Gasteiger partial charge in [-0.2, -0.15) is 0 Å². The highest BCUT2D eigenvalue weighted by Gasteiger charge is 2.31. The van der Waals surface area contributed by atoms with Crippen LogP contribution in [0.15, 0.2) is 30.3 Å². The maximum absolute atomic E-state index is 12.5. The first-order chi connectivity index (χ1) is 12.2. The summed E-state index contributed by atoms with van der Waals surface area (Å²) in [4.78, 5) is 26.7. The van der Waals surface area contributed by atoms with Crippen LogP contribution in [0, 0.1) is 5.92 Å². The van der Waals surface area contributed by atoms with Gasteiger partial charge in [0.1, 0.15) is 6.10 Å². The minimum atomic E-state index is -0.259. The van der Waals surface area contributed by atoms with Crippen molar-refractivity contribution in [2.45, 2.75) is 44.6 Å². The van der Waals surface area contributed by atoms with Crippen LogP contribution in [0.4, 0.5) is 0 Å². The first-order valence-corrected chi connectivity index (χ1v) is 9.46. The Labute approximate surface area is 149 Å². The molecule has 2 heterocycles. The van der Waals surface area contributed by atoms with E-state index < -0.39 is 0 Å². The number of hydrogen-bond donors (Lipinski definition) is 1. The Balaban J connectivity index is 1.37. The van der Waals surface area contributed by atoms with Gasteiger partial charge in [0.25, 0.3) is 5.91 Å². The van der Waals surface area contributed by atoms with Gasteiger partial charge in [-0.1, -0.05) is 30.3 Å². The summed E-state index contributed by atoms with van der Waals surface area (Å²) < 4.78 is 5.59. The molecule has 0 bridgehead atoms. The summed E-state index contributed by atoms with van der Waals surface area (Å²) in [6.07, 6.45) is 5.03. The summed E-state index contributed by atoms with van der Waals surface area (Å²) in [6.45, 7) is 2.68. The van der Waals surface area contributed by atoms with E-state index in [2.05, 4.69) is 17.4 Å². The molecule has 0 spiro atoms. The van der Waals surface area contributed by atoms with E-state index in [4.69, 9.17) is 4.74 Å². The van der Waals surface area contributed by atoms with E-state index in [0.29, 0.717) is 26.2 Å². The maximum atomic E-state index is 12.5. The van der Waals surface area contributed by atoms with Gasteiger partial charge in [0.15, 0.2) is 0 Å². The number of hydrogen-bond acceptors (Lipinski definition) is 3. The monoisotopic (exact) mass is 344 g/mol. The number of carbonyl (C=O) groups is 2. The van der Waals surface area contributed by atoms with Crippen LogP contribution >= 0.6 is 0 Å². The van der Waals surface area contributed by atoms with Crippen molar-refractivity contribution in [1.82, 2.24) is 10.2 Å². The molecule has 1 aromatic rings. The van der Waals surface area contributed by atoms with Crippen molar-refractivity contribution in [3.8, 4) is 0 Å². The molecule has 2 amide bonds. The van der Waals surface area contributed by atoms with Crippen LogP contribution in [0.2, 0.25) is 0 Å². The first-order valence-electron chi connectivity index (χ1n) is 9.46. The van der Waals surface area contributed by atoms with E-state index >= 15 is 0 Å². The summed E-state index contributed by atoms with van der Waals surface area (Å²) in [5.74, 6) is 0.256. The molecule has 25 heavy (non-hydrogen) atoms. The number of rotatable bonds is 5. The topological polar surface area (TPSA) is 58.6 Å². The average Bonchev–Trinajstić information content (AvgIpc) is 2.69. The summed E-state index contributed by atoms with van der Waals surface area (Å²) in [6, 6.07) is 10.2. The molecular formula is C20H28N2O3. The van der Waals surface area contributed by atoms with E-state index in [1.165, 1.54) is 5.56 Å². The molecule has 2 aliphatic rings. The van der Waals surface area contributed by atoms with E-state index in [-0.39, 0.29) is 23.8 Å². The van der Waals surface area contributed by atoms with E-state index in [1.54, 1.807) is 0 Å². The van der Waals surface area contributed by atoms with Crippen molar-refractivity contribution in [1.29, 1.82) is 0 Å². The van der Waals surface area contributed by atoms with Crippen molar-refractivity contribution in [2.75, 3.05) is 26.2 Å². The lowest BCUT2D eigenvalue weighted by molar-refractivity contribution is -0.149. The van der Waals surface area contributed by atoms with Crippen molar-refractivity contribution in [3.05, 3.63) is 35.9 Å². The number of piperidine rings is 1. The largest absolute Gasteiger partial charge is 0.368 e. The van der Waals surface area contributed by atoms with Crippen LogP contribution in [-0.4, -0.2) is 49.1 Å². The fourth-order valence-corrected chi connectivity index (χ4v) is 3.62. The van der Waals surface area contributed by atoms with Gasteiger partial charge in [-0.3, -0.25) is 9.59 Å². The molecule has 0 radical (unpaired) electrons. The molecule has 2 fully saturated rings. The molecule has 1 atom stereocenters. The van der Waals surface area contributed by atoms with Gasteiger partial charge in [-0.25, -0.2) is 0 Å². The second-order valence-electron chi connectivity index (χ2n) is 6.98. The predicted octanol–water partition coefficient (Wildman–Crippen LogP) is 2.15. The van der Waals surface area contributed by atoms with Crippen LogP contribution in [0.3, 0.4) is 0 Å². The van der Waals surface area contributed by atoms with Gasteiger partial charge >= 0.3 is 0 Å². The standard InChI is InChI=1S/C20H28N2O3/c23-19(21-12-9-16-6-2-1-3-7-16)17-10-13-22(14-11-17)20(24)18-8-4-5-15-25-18/h1-3,6-7,17-18H,4-5,8-15H2,(H,21,23)/t18-/m0/s1. The molecule has 1 aromatic carbocycles. The molecule has 0 aliphatic carbocycles. The molecule has 3 rings (SSSR count). The predicted molar refractivity (Wildman–Crippen MR) is 96.1 cm³/mol. The molecule has 136 valence electrons. The highest BCUT2D eigenvalue weighted by Crippen LogP contribution is 2.21. The Kier molecular flexibility index (Phi) is 6.45. The summed E-state index contributed by atoms with van der Waals surface area (Å²) >= 11 is 0. The summed E-state index contributed by atoms with van der Waals surface area (Å²) in [5, 5.41) is 3.04. The van der Waals surface area contributed by atoms with E-state index in [1.807, 2.05) is 23.1 Å².